The van der Waals surface area contributed by atoms with Crippen LogP contribution in [0, 0.1) is 12.3 Å². The minimum absolute atomic E-state index is 0.217. The number of aryl methyl sites for hydroxylation is 2. The van der Waals surface area contributed by atoms with Gasteiger partial charge in [0.2, 0.25) is 5.95 Å². The molecule has 0 amide bonds. The minimum atomic E-state index is 0.217. The standard InChI is InChI=1S/C22H19N5/c1-2-15-9-6-10-17(13-15)24-20-19-14-18(25-21(19)27-22(23)26-20)12-11-16-7-4-3-5-8-16/h1,3-10,13-14H,11-12H2,(H4,23,24,25,26,27). The van der Waals surface area contributed by atoms with Gasteiger partial charge in [-0.15, -0.1) is 6.42 Å². The Morgan fingerprint density at radius 1 is 1.00 bits per heavy atom. The van der Waals surface area contributed by atoms with Crippen LogP contribution >= 0.6 is 0 Å². The highest BCUT2D eigenvalue weighted by Gasteiger charge is 2.11. The van der Waals surface area contributed by atoms with E-state index in [0.717, 1.165) is 40.8 Å². The van der Waals surface area contributed by atoms with Crippen LogP contribution in [0.15, 0.2) is 60.7 Å². The van der Waals surface area contributed by atoms with Gasteiger partial charge in [0.1, 0.15) is 11.5 Å². The normalized spacial score (nSPS) is 10.6. The number of terminal acetylenes is 1. The molecular weight excluding hydrogens is 334 g/mol. The first-order chi connectivity index (χ1) is 13.2. The van der Waals surface area contributed by atoms with Crippen molar-refractivity contribution in [2.45, 2.75) is 12.8 Å². The molecule has 0 atom stereocenters. The van der Waals surface area contributed by atoms with E-state index in [2.05, 4.69) is 56.5 Å². The highest BCUT2D eigenvalue weighted by molar-refractivity contribution is 5.90. The summed E-state index contributed by atoms with van der Waals surface area (Å²) in [6.45, 7) is 0. The Morgan fingerprint density at radius 3 is 2.67 bits per heavy atom. The summed E-state index contributed by atoms with van der Waals surface area (Å²) in [6, 6.07) is 20.1. The molecule has 27 heavy (non-hydrogen) atoms. The fraction of sp³-hybridized carbons (Fsp3) is 0.0909. The molecule has 0 aliphatic heterocycles. The van der Waals surface area contributed by atoms with Gasteiger partial charge >= 0.3 is 0 Å². The van der Waals surface area contributed by atoms with E-state index in [-0.39, 0.29) is 5.95 Å². The van der Waals surface area contributed by atoms with Crippen LogP contribution in [0.25, 0.3) is 11.0 Å². The van der Waals surface area contributed by atoms with E-state index in [0.29, 0.717) is 5.82 Å². The lowest BCUT2D eigenvalue weighted by atomic mass is 10.1. The predicted octanol–water partition coefficient (Wildman–Crippen LogP) is 4.05. The number of rotatable bonds is 5. The zero-order valence-electron chi connectivity index (χ0n) is 14.7. The van der Waals surface area contributed by atoms with Crippen molar-refractivity contribution in [1.29, 1.82) is 0 Å². The summed E-state index contributed by atoms with van der Waals surface area (Å²) in [5.74, 6) is 3.51. The quantitative estimate of drug-likeness (QED) is 0.473. The lowest BCUT2D eigenvalue weighted by molar-refractivity contribution is 0.928. The molecule has 0 unspecified atom stereocenters. The lowest BCUT2D eigenvalue weighted by Gasteiger charge is -2.07. The highest BCUT2D eigenvalue weighted by Crippen LogP contribution is 2.26. The van der Waals surface area contributed by atoms with E-state index >= 15 is 0 Å². The SMILES string of the molecule is C#Cc1cccc(Nc2nc(N)nc3[nH]c(CCc4ccccc4)cc23)c1. The van der Waals surface area contributed by atoms with Gasteiger partial charge in [0.15, 0.2) is 0 Å². The Morgan fingerprint density at radius 2 is 1.85 bits per heavy atom. The fourth-order valence-corrected chi connectivity index (χ4v) is 3.06. The number of H-pyrrole nitrogens is 1. The van der Waals surface area contributed by atoms with Crippen molar-refractivity contribution < 1.29 is 0 Å². The van der Waals surface area contributed by atoms with Gasteiger partial charge in [0.05, 0.1) is 5.39 Å². The summed E-state index contributed by atoms with van der Waals surface area (Å²) in [6.07, 6.45) is 7.31. The zero-order chi connectivity index (χ0) is 18.6. The van der Waals surface area contributed by atoms with Crippen LogP contribution in [-0.4, -0.2) is 15.0 Å². The van der Waals surface area contributed by atoms with Crippen LogP contribution in [-0.2, 0) is 12.8 Å². The molecule has 5 nitrogen and oxygen atoms in total. The van der Waals surface area contributed by atoms with E-state index in [1.54, 1.807) is 0 Å². The summed E-state index contributed by atoms with van der Waals surface area (Å²) in [7, 11) is 0. The summed E-state index contributed by atoms with van der Waals surface area (Å²) >= 11 is 0. The molecule has 2 aromatic carbocycles. The van der Waals surface area contributed by atoms with Crippen molar-refractivity contribution in [2.24, 2.45) is 0 Å². The second kappa shape index (κ2) is 7.22. The number of aromatic amines is 1. The highest BCUT2D eigenvalue weighted by atomic mass is 15.1. The molecule has 4 N–H and O–H groups in total. The summed E-state index contributed by atoms with van der Waals surface area (Å²) in [5.41, 5.74) is 10.7. The molecule has 2 heterocycles. The van der Waals surface area contributed by atoms with E-state index in [1.807, 2.05) is 30.3 Å². The maximum absolute atomic E-state index is 5.89. The first-order valence-electron chi connectivity index (χ1n) is 8.74. The molecular formula is C22H19N5. The topological polar surface area (TPSA) is 79.6 Å². The number of nitrogens with one attached hydrogen (secondary N) is 2. The number of nitrogen functional groups attached to an aromatic ring is 1. The molecule has 0 aliphatic carbocycles. The van der Waals surface area contributed by atoms with Gasteiger partial charge in [-0.05, 0) is 42.7 Å². The Labute approximate surface area is 157 Å². The van der Waals surface area contributed by atoms with Crippen molar-refractivity contribution in [3.63, 3.8) is 0 Å². The Kier molecular flexibility index (Phi) is 4.46. The Hall–Kier alpha value is -3.78. The van der Waals surface area contributed by atoms with Crippen molar-refractivity contribution in [3.05, 3.63) is 77.5 Å². The van der Waals surface area contributed by atoms with E-state index < -0.39 is 0 Å². The monoisotopic (exact) mass is 353 g/mol. The molecule has 0 fully saturated rings. The average Bonchev–Trinajstić information content (AvgIpc) is 3.10. The van der Waals surface area contributed by atoms with Crippen molar-refractivity contribution in [2.75, 3.05) is 11.1 Å². The van der Waals surface area contributed by atoms with Gasteiger partial charge in [-0.1, -0.05) is 42.3 Å². The number of aromatic nitrogens is 3. The van der Waals surface area contributed by atoms with Gasteiger partial charge in [-0.25, -0.2) is 0 Å². The van der Waals surface area contributed by atoms with Crippen LogP contribution in [0.2, 0.25) is 0 Å². The van der Waals surface area contributed by atoms with Gasteiger partial charge in [0, 0.05) is 16.9 Å². The number of hydrogen-bond donors (Lipinski definition) is 3. The molecule has 2 aromatic heterocycles. The van der Waals surface area contributed by atoms with Crippen molar-refractivity contribution >= 4 is 28.5 Å². The Bertz CT molecular complexity index is 1120. The summed E-state index contributed by atoms with van der Waals surface area (Å²) in [4.78, 5) is 12.0. The molecule has 0 aliphatic rings. The lowest BCUT2D eigenvalue weighted by Crippen LogP contribution is -2.00. The summed E-state index contributed by atoms with van der Waals surface area (Å²) in [5, 5.41) is 4.20. The molecule has 0 saturated heterocycles. The molecule has 4 aromatic rings. The molecule has 0 saturated carbocycles. The van der Waals surface area contributed by atoms with E-state index in [1.165, 1.54) is 5.56 Å². The third kappa shape index (κ3) is 3.75. The van der Waals surface area contributed by atoms with Crippen molar-refractivity contribution in [3.8, 4) is 12.3 Å². The van der Waals surface area contributed by atoms with E-state index in [9.17, 15) is 0 Å². The number of anilines is 3. The second-order valence-corrected chi connectivity index (χ2v) is 6.32. The van der Waals surface area contributed by atoms with Gasteiger partial charge < -0.3 is 16.0 Å². The van der Waals surface area contributed by atoms with Crippen LogP contribution in [0.4, 0.5) is 17.5 Å². The maximum Gasteiger partial charge on any atom is 0.224 e. The average molecular weight is 353 g/mol. The minimum Gasteiger partial charge on any atom is -0.368 e. The molecule has 4 rings (SSSR count). The zero-order valence-corrected chi connectivity index (χ0v) is 14.7. The van der Waals surface area contributed by atoms with Gasteiger partial charge in [-0.3, -0.25) is 0 Å². The van der Waals surface area contributed by atoms with Crippen LogP contribution in [0.3, 0.4) is 0 Å². The van der Waals surface area contributed by atoms with Crippen LogP contribution in [0.5, 0.6) is 0 Å². The second-order valence-electron chi connectivity index (χ2n) is 6.32. The van der Waals surface area contributed by atoms with Crippen LogP contribution < -0.4 is 11.1 Å². The molecule has 0 radical (unpaired) electrons. The molecule has 0 spiro atoms. The first kappa shape index (κ1) is 16.7. The number of benzene rings is 2. The summed E-state index contributed by atoms with van der Waals surface area (Å²) < 4.78 is 0. The van der Waals surface area contributed by atoms with E-state index in [4.69, 9.17) is 12.2 Å². The number of hydrogen-bond acceptors (Lipinski definition) is 4. The molecule has 5 heteroatoms. The predicted molar refractivity (Wildman–Crippen MR) is 110 cm³/mol. The van der Waals surface area contributed by atoms with Crippen molar-refractivity contribution in [1.82, 2.24) is 15.0 Å². The third-order valence-corrected chi connectivity index (χ3v) is 4.38. The van der Waals surface area contributed by atoms with Gasteiger partial charge in [0.25, 0.3) is 0 Å². The van der Waals surface area contributed by atoms with Crippen LogP contribution in [0.1, 0.15) is 16.8 Å². The fourth-order valence-electron chi connectivity index (χ4n) is 3.06. The number of nitrogens with zero attached hydrogens (tertiary/aromatic N) is 2. The Balaban J connectivity index is 1.62. The maximum atomic E-state index is 5.89. The smallest absolute Gasteiger partial charge is 0.224 e. The molecule has 132 valence electrons. The largest absolute Gasteiger partial charge is 0.368 e. The number of fused-ring (bicyclic) bond motifs is 1. The first-order valence-corrected chi connectivity index (χ1v) is 8.74. The van der Waals surface area contributed by atoms with Gasteiger partial charge in [-0.2, -0.15) is 9.97 Å². The number of nitrogens with two attached hydrogens (primary N) is 1. The third-order valence-electron chi connectivity index (χ3n) is 4.38. The molecule has 0 bridgehead atoms.